The molecule has 1 aliphatic heterocycles. The van der Waals surface area contributed by atoms with Gasteiger partial charge in [-0.25, -0.2) is 4.79 Å². The van der Waals surface area contributed by atoms with Crippen LogP contribution in [0, 0.1) is 5.92 Å². The van der Waals surface area contributed by atoms with Crippen LogP contribution in [0.4, 0.5) is 4.79 Å². The summed E-state index contributed by atoms with van der Waals surface area (Å²) in [5, 5.41) is 5.80. The van der Waals surface area contributed by atoms with E-state index in [0.717, 1.165) is 37.2 Å². The quantitative estimate of drug-likeness (QED) is 0.862. The highest BCUT2D eigenvalue weighted by Gasteiger charge is 2.38. The van der Waals surface area contributed by atoms with Crippen LogP contribution in [0.5, 0.6) is 0 Å². The fourth-order valence-corrected chi connectivity index (χ4v) is 3.63. The van der Waals surface area contributed by atoms with E-state index < -0.39 is 6.04 Å². The van der Waals surface area contributed by atoms with Gasteiger partial charge in [0.25, 0.3) is 0 Å². The first-order valence-corrected chi connectivity index (χ1v) is 9.55. The van der Waals surface area contributed by atoms with Gasteiger partial charge in [-0.05, 0) is 56.6 Å². The number of nitrogens with one attached hydrogen (secondary N) is 2. The normalized spacial score (nSPS) is 28.8. The van der Waals surface area contributed by atoms with Gasteiger partial charge in [-0.15, -0.1) is 0 Å². The zero-order valence-electron chi connectivity index (χ0n) is 14.8. The van der Waals surface area contributed by atoms with E-state index in [1.807, 2.05) is 17.0 Å². The number of furan rings is 1. The Bertz CT molecular complexity index is 652. The maximum Gasteiger partial charge on any atom is 0.318 e. The van der Waals surface area contributed by atoms with Crippen molar-refractivity contribution in [2.24, 2.45) is 5.92 Å². The number of rotatable bonds is 5. The van der Waals surface area contributed by atoms with Gasteiger partial charge in [-0.1, -0.05) is 6.92 Å². The Morgan fingerprint density at radius 3 is 2.84 bits per heavy atom. The summed E-state index contributed by atoms with van der Waals surface area (Å²) in [5.41, 5.74) is 0. The molecule has 2 saturated carbocycles. The molecule has 6 heteroatoms. The Balaban J connectivity index is 1.39. The first kappa shape index (κ1) is 16.5. The SMILES string of the molecule is C[C@@H]1C[C@H]1c1ccc(CN(C(=O)N[C@@H]2CCCCNC2=O)C2CC2)o1. The summed E-state index contributed by atoms with van der Waals surface area (Å²) in [6.07, 6.45) is 5.87. The molecule has 1 saturated heterocycles. The summed E-state index contributed by atoms with van der Waals surface area (Å²) in [6.45, 7) is 3.41. The van der Waals surface area contributed by atoms with Crippen molar-refractivity contribution in [3.05, 3.63) is 23.7 Å². The number of carbonyl (C=O) groups excluding carboxylic acids is 2. The topological polar surface area (TPSA) is 74.6 Å². The lowest BCUT2D eigenvalue weighted by molar-refractivity contribution is -0.122. The van der Waals surface area contributed by atoms with Gasteiger partial charge in [0.05, 0.1) is 6.54 Å². The first-order chi connectivity index (χ1) is 12.1. The lowest BCUT2D eigenvalue weighted by atomic mass is 10.1. The van der Waals surface area contributed by atoms with Crippen molar-refractivity contribution in [3.8, 4) is 0 Å². The molecule has 3 atom stereocenters. The third kappa shape index (κ3) is 3.83. The number of hydrogen-bond acceptors (Lipinski definition) is 3. The Kier molecular flexibility index (Phi) is 4.44. The molecule has 0 bridgehead atoms. The third-order valence-electron chi connectivity index (χ3n) is 5.57. The lowest BCUT2D eigenvalue weighted by Crippen LogP contribution is -2.50. The standard InChI is InChI=1S/C19H27N3O3/c1-12-10-15(12)17-8-7-14(25-17)11-22(13-5-6-13)19(24)21-16-4-2-3-9-20-18(16)23/h7-8,12-13,15-16H,2-6,9-11H2,1H3,(H,20,23)(H,21,24)/t12-,15-,16-/m1/s1. The number of hydrogen-bond donors (Lipinski definition) is 2. The van der Waals surface area contributed by atoms with Crippen LogP contribution >= 0.6 is 0 Å². The molecule has 0 spiro atoms. The summed E-state index contributed by atoms with van der Waals surface area (Å²) in [5.74, 6) is 3.06. The second-order valence-electron chi connectivity index (χ2n) is 7.77. The van der Waals surface area contributed by atoms with E-state index in [1.54, 1.807) is 0 Å². The number of nitrogens with zero attached hydrogens (tertiary/aromatic N) is 1. The number of carbonyl (C=O) groups is 2. The van der Waals surface area contributed by atoms with E-state index in [0.29, 0.717) is 31.3 Å². The highest BCUT2D eigenvalue weighted by atomic mass is 16.3. The van der Waals surface area contributed by atoms with Gasteiger partial charge >= 0.3 is 6.03 Å². The molecule has 6 nitrogen and oxygen atoms in total. The molecule has 1 aromatic heterocycles. The van der Waals surface area contributed by atoms with Gasteiger partial charge in [0, 0.05) is 18.5 Å². The summed E-state index contributed by atoms with van der Waals surface area (Å²) >= 11 is 0. The molecule has 3 fully saturated rings. The molecule has 2 N–H and O–H groups in total. The van der Waals surface area contributed by atoms with Gasteiger partial charge < -0.3 is 20.0 Å². The summed E-state index contributed by atoms with van der Waals surface area (Å²) in [6, 6.07) is 3.73. The molecule has 3 amide bonds. The number of amides is 3. The molecule has 0 radical (unpaired) electrons. The van der Waals surface area contributed by atoms with Crippen LogP contribution in [0.15, 0.2) is 16.5 Å². The zero-order valence-corrected chi connectivity index (χ0v) is 14.8. The largest absolute Gasteiger partial charge is 0.464 e. The average Bonchev–Trinajstić information content (AvgIpc) is 3.51. The smallest absolute Gasteiger partial charge is 0.318 e. The minimum atomic E-state index is -0.421. The van der Waals surface area contributed by atoms with E-state index in [1.165, 1.54) is 6.42 Å². The first-order valence-electron chi connectivity index (χ1n) is 9.55. The molecular weight excluding hydrogens is 318 g/mol. The molecule has 4 rings (SSSR count). The van der Waals surface area contributed by atoms with Crippen LogP contribution < -0.4 is 10.6 Å². The van der Waals surface area contributed by atoms with Crippen molar-refractivity contribution in [1.82, 2.24) is 15.5 Å². The maximum absolute atomic E-state index is 12.8. The van der Waals surface area contributed by atoms with Gasteiger partial charge in [-0.3, -0.25) is 4.79 Å². The Morgan fingerprint density at radius 1 is 1.32 bits per heavy atom. The fourth-order valence-electron chi connectivity index (χ4n) is 3.63. The summed E-state index contributed by atoms with van der Waals surface area (Å²) in [7, 11) is 0. The maximum atomic E-state index is 12.8. The molecular formula is C19H27N3O3. The summed E-state index contributed by atoms with van der Waals surface area (Å²) in [4.78, 5) is 26.7. The van der Waals surface area contributed by atoms with Crippen molar-refractivity contribution in [2.75, 3.05) is 6.54 Å². The second-order valence-corrected chi connectivity index (χ2v) is 7.77. The zero-order chi connectivity index (χ0) is 17.4. The molecule has 1 aromatic rings. The summed E-state index contributed by atoms with van der Waals surface area (Å²) < 4.78 is 5.97. The van der Waals surface area contributed by atoms with E-state index in [-0.39, 0.29) is 18.0 Å². The van der Waals surface area contributed by atoms with E-state index >= 15 is 0 Å². The minimum absolute atomic E-state index is 0.0652. The highest BCUT2D eigenvalue weighted by Crippen LogP contribution is 2.47. The van der Waals surface area contributed by atoms with Crippen LogP contribution in [-0.2, 0) is 11.3 Å². The van der Waals surface area contributed by atoms with Crippen LogP contribution in [0.3, 0.4) is 0 Å². The number of urea groups is 1. The van der Waals surface area contributed by atoms with Crippen molar-refractivity contribution in [3.63, 3.8) is 0 Å². The lowest BCUT2D eigenvalue weighted by Gasteiger charge is -2.24. The Labute approximate surface area is 148 Å². The second kappa shape index (κ2) is 6.73. The van der Waals surface area contributed by atoms with E-state index in [4.69, 9.17) is 4.42 Å². The van der Waals surface area contributed by atoms with Crippen LogP contribution in [0.25, 0.3) is 0 Å². The molecule has 25 heavy (non-hydrogen) atoms. The molecule has 2 heterocycles. The highest BCUT2D eigenvalue weighted by molar-refractivity contribution is 5.87. The molecule has 0 unspecified atom stereocenters. The van der Waals surface area contributed by atoms with Gasteiger partial charge in [0.1, 0.15) is 17.6 Å². The minimum Gasteiger partial charge on any atom is -0.464 e. The fraction of sp³-hybridized carbons (Fsp3) is 0.684. The van der Waals surface area contributed by atoms with Crippen molar-refractivity contribution >= 4 is 11.9 Å². The monoisotopic (exact) mass is 345 g/mol. The van der Waals surface area contributed by atoms with Crippen molar-refractivity contribution < 1.29 is 14.0 Å². The van der Waals surface area contributed by atoms with Crippen molar-refractivity contribution in [1.29, 1.82) is 0 Å². The average molecular weight is 345 g/mol. The molecule has 136 valence electrons. The van der Waals surface area contributed by atoms with E-state index in [2.05, 4.69) is 17.6 Å². The van der Waals surface area contributed by atoms with Crippen molar-refractivity contribution in [2.45, 2.75) is 70.0 Å². The predicted molar refractivity (Wildman–Crippen MR) is 93.0 cm³/mol. The van der Waals surface area contributed by atoms with Gasteiger partial charge in [0.2, 0.25) is 5.91 Å². The molecule has 2 aliphatic carbocycles. The van der Waals surface area contributed by atoms with E-state index in [9.17, 15) is 9.59 Å². The van der Waals surface area contributed by atoms with Crippen LogP contribution in [0.2, 0.25) is 0 Å². The van der Waals surface area contributed by atoms with Crippen LogP contribution in [0.1, 0.15) is 62.9 Å². The van der Waals surface area contributed by atoms with Gasteiger partial charge in [-0.2, -0.15) is 0 Å². The Morgan fingerprint density at radius 2 is 2.12 bits per heavy atom. The third-order valence-corrected chi connectivity index (χ3v) is 5.57. The van der Waals surface area contributed by atoms with Crippen LogP contribution in [-0.4, -0.2) is 35.5 Å². The molecule has 3 aliphatic rings. The van der Waals surface area contributed by atoms with Gasteiger partial charge in [0.15, 0.2) is 0 Å². The molecule has 0 aromatic carbocycles. The predicted octanol–water partition coefficient (Wildman–Crippen LogP) is 2.75. The Hall–Kier alpha value is -1.98.